The molecule has 1 amide bonds. The van der Waals surface area contributed by atoms with Gasteiger partial charge in [-0.1, -0.05) is 18.2 Å². The minimum atomic E-state index is -3.53. The molecule has 0 heterocycles. The van der Waals surface area contributed by atoms with Crippen LogP contribution in [0.3, 0.4) is 0 Å². The van der Waals surface area contributed by atoms with Gasteiger partial charge in [-0.05, 0) is 60.7 Å². The Morgan fingerprint density at radius 1 is 0.759 bits per heavy atom. The number of para-hydroxylation sites is 1. The minimum Gasteiger partial charge on any atom is -0.457 e. The highest BCUT2D eigenvalue weighted by atomic mass is 32.2. The Labute approximate surface area is 171 Å². The lowest BCUT2D eigenvalue weighted by molar-refractivity contribution is 0.0993. The molecule has 150 valence electrons. The van der Waals surface area contributed by atoms with E-state index in [1.165, 1.54) is 43.3 Å². The molecule has 0 N–H and O–H groups in total. The number of benzene rings is 3. The van der Waals surface area contributed by atoms with Crippen LogP contribution in [0.15, 0.2) is 83.8 Å². The molecule has 0 unspecified atom stereocenters. The van der Waals surface area contributed by atoms with E-state index in [1.54, 1.807) is 31.3 Å². The topological polar surface area (TPSA) is 66.9 Å². The molecule has 0 aliphatic rings. The fourth-order valence-corrected chi connectivity index (χ4v) is 3.56. The summed E-state index contributed by atoms with van der Waals surface area (Å²) in [6.07, 6.45) is 0. The predicted molar refractivity (Wildman–Crippen MR) is 113 cm³/mol. The first kappa shape index (κ1) is 20.6. The average molecular weight is 410 g/mol. The third-order valence-corrected chi connectivity index (χ3v) is 6.22. The molecule has 3 aromatic carbocycles. The Morgan fingerprint density at radius 2 is 1.31 bits per heavy atom. The molecule has 3 aromatic rings. The summed E-state index contributed by atoms with van der Waals surface area (Å²) in [6, 6.07) is 22.5. The fourth-order valence-electron chi connectivity index (χ4n) is 2.65. The van der Waals surface area contributed by atoms with Crippen molar-refractivity contribution in [3.63, 3.8) is 0 Å². The molecule has 0 aromatic heterocycles. The van der Waals surface area contributed by atoms with Gasteiger partial charge in [0.05, 0.1) is 4.90 Å². The number of nitrogens with zero attached hydrogens (tertiary/aromatic N) is 2. The lowest BCUT2D eigenvalue weighted by Crippen LogP contribution is -2.26. The lowest BCUT2D eigenvalue weighted by Gasteiger charge is -2.18. The Kier molecular flexibility index (Phi) is 6.00. The van der Waals surface area contributed by atoms with E-state index in [-0.39, 0.29) is 10.8 Å². The third kappa shape index (κ3) is 4.64. The molecular formula is C22H22N2O4S. The van der Waals surface area contributed by atoms with Crippen LogP contribution >= 0.6 is 0 Å². The molecule has 0 saturated heterocycles. The lowest BCUT2D eigenvalue weighted by atomic mass is 10.2. The number of carbonyl (C=O) groups excluding carboxylic acids is 1. The highest BCUT2D eigenvalue weighted by Crippen LogP contribution is 2.25. The smallest absolute Gasteiger partial charge is 0.258 e. The summed E-state index contributed by atoms with van der Waals surface area (Å²) in [7, 11) is 1.07. The van der Waals surface area contributed by atoms with Crippen LogP contribution in [-0.2, 0) is 10.0 Å². The van der Waals surface area contributed by atoms with Gasteiger partial charge in [-0.2, -0.15) is 0 Å². The number of hydrogen-bond donors (Lipinski definition) is 0. The van der Waals surface area contributed by atoms with E-state index in [9.17, 15) is 13.2 Å². The van der Waals surface area contributed by atoms with Crippen molar-refractivity contribution in [3.8, 4) is 11.5 Å². The van der Waals surface area contributed by atoms with Crippen LogP contribution < -0.4 is 9.64 Å². The monoisotopic (exact) mass is 410 g/mol. The second-order valence-corrected chi connectivity index (χ2v) is 8.74. The zero-order valence-corrected chi connectivity index (χ0v) is 17.3. The van der Waals surface area contributed by atoms with Crippen molar-refractivity contribution in [1.82, 2.24) is 4.31 Å². The molecule has 3 rings (SSSR count). The number of amides is 1. The highest BCUT2D eigenvalue weighted by Gasteiger charge is 2.19. The van der Waals surface area contributed by atoms with E-state index in [0.717, 1.165) is 10.1 Å². The number of ether oxygens (including phenoxy) is 1. The quantitative estimate of drug-likeness (QED) is 0.616. The van der Waals surface area contributed by atoms with Gasteiger partial charge in [0, 0.05) is 32.4 Å². The largest absolute Gasteiger partial charge is 0.457 e. The molecule has 0 fully saturated rings. The zero-order chi connectivity index (χ0) is 21.0. The van der Waals surface area contributed by atoms with E-state index in [0.29, 0.717) is 17.0 Å². The molecule has 7 heteroatoms. The molecule has 0 atom stereocenters. The molecule has 29 heavy (non-hydrogen) atoms. The standard InChI is InChI=1S/C22H22N2O4S/c1-23(2)29(26,27)21-15-9-17(10-16-21)22(25)24(3)18-11-13-20(14-12-18)28-19-7-5-4-6-8-19/h4-16H,1-3H3. The van der Waals surface area contributed by atoms with Crippen molar-refractivity contribution in [2.75, 3.05) is 26.0 Å². The van der Waals surface area contributed by atoms with Crippen LogP contribution in [0, 0.1) is 0 Å². The van der Waals surface area contributed by atoms with Gasteiger partial charge < -0.3 is 9.64 Å². The van der Waals surface area contributed by atoms with Crippen molar-refractivity contribution in [3.05, 3.63) is 84.4 Å². The van der Waals surface area contributed by atoms with E-state index in [2.05, 4.69) is 0 Å². The highest BCUT2D eigenvalue weighted by molar-refractivity contribution is 7.89. The number of carbonyl (C=O) groups is 1. The summed E-state index contributed by atoms with van der Waals surface area (Å²) < 4.78 is 31.2. The van der Waals surface area contributed by atoms with Gasteiger partial charge in [0.25, 0.3) is 5.91 Å². The maximum absolute atomic E-state index is 12.8. The summed E-state index contributed by atoms with van der Waals surface area (Å²) >= 11 is 0. The van der Waals surface area contributed by atoms with E-state index in [1.807, 2.05) is 30.3 Å². The Hall–Kier alpha value is -3.16. The first-order valence-electron chi connectivity index (χ1n) is 8.92. The maximum atomic E-state index is 12.8. The summed E-state index contributed by atoms with van der Waals surface area (Å²) in [5.41, 5.74) is 1.09. The molecule has 0 saturated carbocycles. The van der Waals surface area contributed by atoms with Crippen LogP contribution in [-0.4, -0.2) is 39.8 Å². The summed E-state index contributed by atoms with van der Waals surface area (Å²) in [5, 5.41) is 0. The maximum Gasteiger partial charge on any atom is 0.258 e. The SMILES string of the molecule is CN(C(=O)c1ccc(S(=O)(=O)N(C)C)cc1)c1ccc(Oc2ccccc2)cc1. The Bertz CT molecular complexity index is 1080. The first-order chi connectivity index (χ1) is 13.8. The van der Waals surface area contributed by atoms with Gasteiger partial charge in [-0.3, -0.25) is 4.79 Å². The van der Waals surface area contributed by atoms with Crippen LogP contribution in [0.25, 0.3) is 0 Å². The van der Waals surface area contributed by atoms with Crippen LogP contribution in [0.5, 0.6) is 11.5 Å². The summed E-state index contributed by atoms with van der Waals surface area (Å²) in [5.74, 6) is 1.16. The molecule has 0 spiro atoms. The van der Waals surface area contributed by atoms with Gasteiger partial charge in [0.2, 0.25) is 10.0 Å². The first-order valence-corrected chi connectivity index (χ1v) is 10.4. The number of rotatable bonds is 6. The van der Waals surface area contributed by atoms with Crippen molar-refractivity contribution in [2.45, 2.75) is 4.90 Å². The number of anilines is 1. The van der Waals surface area contributed by atoms with Crippen molar-refractivity contribution < 1.29 is 17.9 Å². The average Bonchev–Trinajstić information content (AvgIpc) is 2.74. The van der Waals surface area contributed by atoms with E-state index >= 15 is 0 Å². The van der Waals surface area contributed by atoms with Crippen LogP contribution in [0.4, 0.5) is 5.69 Å². The Morgan fingerprint density at radius 3 is 1.86 bits per heavy atom. The van der Waals surface area contributed by atoms with Crippen molar-refractivity contribution >= 4 is 21.6 Å². The van der Waals surface area contributed by atoms with E-state index < -0.39 is 10.0 Å². The fraction of sp³-hybridized carbons (Fsp3) is 0.136. The second kappa shape index (κ2) is 8.46. The van der Waals surface area contributed by atoms with Gasteiger partial charge in [-0.25, -0.2) is 12.7 Å². The van der Waals surface area contributed by atoms with Gasteiger partial charge >= 0.3 is 0 Å². The van der Waals surface area contributed by atoms with E-state index in [4.69, 9.17) is 4.74 Å². The van der Waals surface area contributed by atoms with Gasteiger partial charge in [-0.15, -0.1) is 0 Å². The second-order valence-electron chi connectivity index (χ2n) is 6.58. The molecule has 0 aliphatic heterocycles. The van der Waals surface area contributed by atoms with Crippen LogP contribution in [0.2, 0.25) is 0 Å². The van der Waals surface area contributed by atoms with Crippen molar-refractivity contribution in [2.24, 2.45) is 0 Å². The molecule has 6 nitrogen and oxygen atoms in total. The van der Waals surface area contributed by atoms with Crippen molar-refractivity contribution in [1.29, 1.82) is 0 Å². The molecule has 0 radical (unpaired) electrons. The van der Waals surface area contributed by atoms with Gasteiger partial charge in [0.1, 0.15) is 11.5 Å². The zero-order valence-electron chi connectivity index (χ0n) is 16.4. The molecule has 0 bridgehead atoms. The third-order valence-electron chi connectivity index (χ3n) is 4.39. The number of sulfonamides is 1. The van der Waals surface area contributed by atoms with Crippen LogP contribution in [0.1, 0.15) is 10.4 Å². The minimum absolute atomic E-state index is 0.143. The summed E-state index contributed by atoms with van der Waals surface area (Å²) in [4.78, 5) is 14.4. The number of hydrogen-bond acceptors (Lipinski definition) is 4. The predicted octanol–water partition coefficient (Wildman–Crippen LogP) is 4.01. The summed E-state index contributed by atoms with van der Waals surface area (Å²) in [6.45, 7) is 0. The normalized spacial score (nSPS) is 11.3. The molecular weight excluding hydrogens is 388 g/mol. The Balaban J connectivity index is 1.73. The van der Waals surface area contributed by atoms with Gasteiger partial charge in [0.15, 0.2) is 0 Å². The molecule has 0 aliphatic carbocycles.